The number of fused-ring (bicyclic) bond motifs is 1. The molecule has 0 unspecified atom stereocenters. The highest BCUT2D eigenvalue weighted by Gasteiger charge is 2.19. The second-order valence-corrected chi connectivity index (χ2v) is 6.11. The number of hydrogen-bond acceptors (Lipinski definition) is 3. The van der Waals surface area contributed by atoms with E-state index in [9.17, 15) is 0 Å². The number of aromatic nitrogens is 2. The first-order valence-corrected chi connectivity index (χ1v) is 6.08. The highest BCUT2D eigenvalue weighted by atomic mass is 35.5. The van der Waals surface area contributed by atoms with Crippen molar-refractivity contribution in [1.29, 1.82) is 0 Å². The molecule has 80 valence electrons. The van der Waals surface area contributed by atoms with Crippen molar-refractivity contribution in [2.24, 2.45) is 0 Å². The zero-order chi connectivity index (χ0) is 11.2. The summed E-state index contributed by atoms with van der Waals surface area (Å²) in [5.41, 5.74) is 0.927. The highest BCUT2D eigenvalue weighted by Crippen LogP contribution is 2.36. The lowest BCUT2D eigenvalue weighted by Gasteiger charge is -2.14. The molecule has 2 rings (SSSR count). The average Bonchev–Trinajstić information content (AvgIpc) is 2.46. The summed E-state index contributed by atoms with van der Waals surface area (Å²) in [6.45, 7) is 6.46. The van der Waals surface area contributed by atoms with E-state index in [1.807, 2.05) is 6.07 Å². The number of thiophene rings is 1. The molecule has 0 amide bonds. The van der Waals surface area contributed by atoms with Crippen LogP contribution in [0, 0.1) is 0 Å². The molecule has 0 aliphatic heterocycles. The second kappa shape index (κ2) is 3.58. The lowest BCUT2D eigenvalue weighted by Crippen LogP contribution is -2.07. The largest absolute Gasteiger partial charge is 0.224 e. The standard InChI is InChI=1S/C10H10Cl2N2S/c1-10(2,3)6-4-5-7(15-6)8(11)14-9(12)13-5/h4H,1-3H3. The predicted molar refractivity (Wildman–Crippen MR) is 66.1 cm³/mol. The first kappa shape index (κ1) is 11.1. The maximum absolute atomic E-state index is 6.00. The van der Waals surface area contributed by atoms with Gasteiger partial charge in [0.25, 0.3) is 0 Å². The summed E-state index contributed by atoms with van der Waals surface area (Å²) in [5.74, 6) is 0. The summed E-state index contributed by atoms with van der Waals surface area (Å²) in [6.07, 6.45) is 0. The Morgan fingerprint density at radius 3 is 2.47 bits per heavy atom. The summed E-state index contributed by atoms with van der Waals surface area (Å²) < 4.78 is 0.908. The molecule has 2 heterocycles. The topological polar surface area (TPSA) is 25.8 Å². The smallest absolute Gasteiger partial charge is 0.217 e. The van der Waals surface area contributed by atoms with Gasteiger partial charge < -0.3 is 0 Å². The van der Waals surface area contributed by atoms with E-state index in [1.54, 1.807) is 11.3 Å². The van der Waals surface area contributed by atoms with Gasteiger partial charge in [-0.25, -0.2) is 9.97 Å². The van der Waals surface area contributed by atoms with Gasteiger partial charge in [0.1, 0.15) is 0 Å². The van der Waals surface area contributed by atoms with E-state index in [0.717, 1.165) is 10.2 Å². The Kier molecular flexibility index (Phi) is 2.65. The second-order valence-electron chi connectivity index (χ2n) is 4.36. The van der Waals surface area contributed by atoms with Gasteiger partial charge in [-0.15, -0.1) is 11.3 Å². The van der Waals surface area contributed by atoms with Crippen LogP contribution in [0.1, 0.15) is 25.6 Å². The molecule has 0 atom stereocenters. The maximum Gasteiger partial charge on any atom is 0.224 e. The number of nitrogens with zero attached hydrogens (tertiary/aromatic N) is 2. The lowest BCUT2D eigenvalue weighted by atomic mass is 9.95. The van der Waals surface area contributed by atoms with Crippen molar-refractivity contribution in [1.82, 2.24) is 9.97 Å². The SMILES string of the molecule is CC(C)(C)c1cc2nc(Cl)nc(Cl)c2s1. The Morgan fingerprint density at radius 2 is 1.87 bits per heavy atom. The maximum atomic E-state index is 6.00. The predicted octanol–water partition coefficient (Wildman–Crippen LogP) is 4.30. The van der Waals surface area contributed by atoms with Crippen molar-refractivity contribution >= 4 is 44.8 Å². The van der Waals surface area contributed by atoms with E-state index >= 15 is 0 Å². The molecule has 0 radical (unpaired) electrons. The minimum atomic E-state index is 0.0984. The first-order chi connectivity index (χ1) is 6.88. The van der Waals surface area contributed by atoms with Crippen LogP contribution in [0.4, 0.5) is 0 Å². The van der Waals surface area contributed by atoms with E-state index in [-0.39, 0.29) is 10.7 Å². The molecule has 0 aromatic carbocycles. The molecule has 5 heteroatoms. The van der Waals surface area contributed by atoms with Crippen LogP contribution in [0.15, 0.2) is 6.07 Å². The Balaban J connectivity index is 2.71. The van der Waals surface area contributed by atoms with Gasteiger partial charge in [0, 0.05) is 4.88 Å². The molecule has 0 N–H and O–H groups in total. The molecule has 0 fully saturated rings. The summed E-state index contributed by atoms with van der Waals surface area (Å²) in [4.78, 5) is 9.31. The molecule has 0 aliphatic rings. The van der Waals surface area contributed by atoms with Crippen LogP contribution < -0.4 is 0 Å². The number of halogens is 2. The van der Waals surface area contributed by atoms with Crippen LogP contribution in [-0.4, -0.2) is 9.97 Å². The zero-order valence-electron chi connectivity index (χ0n) is 8.64. The molecule has 0 saturated heterocycles. The van der Waals surface area contributed by atoms with Crippen LogP contribution in [0.25, 0.3) is 10.2 Å². The van der Waals surface area contributed by atoms with Crippen LogP contribution in [0.2, 0.25) is 10.4 Å². The van der Waals surface area contributed by atoms with E-state index in [4.69, 9.17) is 23.2 Å². The summed E-state index contributed by atoms with van der Waals surface area (Å²) in [6, 6.07) is 2.03. The Bertz CT molecular complexity index is 514. The fourth-order valence-electron chi connectivity index (χ4n) is 1.24. The minimum absolute atomic E-state index is 0.0984. The van der Waals surface area contributed by atoms with Gasteiger partial charge in [-0.05, 0) is 23.1 Å². The Morgan fingerprint density at radius 1 is 1.20 bits per heavy atom. The molecule has 0 spiro atoms. The van der Waals surface area contributed by atoms with E-state index in [1.165, 1.54) is 4.88 Å². The van der Waals surface area contributed by atoms with Crippen LogP contribution in [0.3, 0.4) is 0 Å². The quantitative estimate of drug-likeness (QED) is 0.522. The van der Waals surface area contributed by atoms with E-state index < -0.39 is 0 Å². The van der Waals surface area contributed by atoms with Crippen LogP contribution >= 0.6 is 34.5 Å². The van der Waals surface area contributed by atoms with Crippen molar-refractivity contribution in [3.8, 4) is 0 Å². The van der Waals surface area contributed by atoms with Crippen molar-refractivity contribution in [3.05, 3.63) is 21.4 Å². The van der Waals surface area contributed by atoms with Crippen molar-refractivity contribution in [2.75, 3.05) is 0 Å². The van der Waals surface area contributed by atoms with Crippen LogP contribution in [0.5, 0.6) is 0 Å². The fraction of sp³-hybridized carbons (Fsp3) is 0.400. The monoisotopic (exact) mass is 260 g/mol. The summed E-state index contributed by atoms with van der Waals surface area (Å²) in [5, 5.41) is 0.635. The average molecular weight is 261 g/mol. The first-order valence-electron chi connectivity index (χ1n) is 4.51. The van der Waals surface area contributed by atoms with Gasteiger partial charge in [0.05, 0.1) is 10.2 Å². The van der Waals surface area contributed by atoms with Crippen LogP contribution in [-0.2, 0) is 5.41 Å². The van der Waals surface area contributed by atoms with Gasteiger partial charge in [0.15, 0.2) is 5.15 Å². The van der Waals surface area contributed by atoms with Gasteiger partial charge in [-0.3, -0.25) is 0 Å². The van der Waals surface area contributed by atoms with Gasteiger partial charge in [0.2, 0.25) is 5.28 Å². The fourth-order valence-corrected chi connectivity index (χ4v) is 2.79. The lowest BCUT2D eigenvalue weighted by molar-refractivity contribution is 0.604. The molecule has 0 saturated carbocycles. The Hall–Kier alpha value is -0.380. The number of hydrogen-bond donors (Lipinski definition) is 0. The molecule has 2 aromatic rings. The van der Waals surface area contributed by atoms with Crippen molar-refractivity contribution in [2.45, 2.75) is 26.2 Å². The molecule has 0 aliphatic carbocycles. The summed E-state index contributed by atoms with van der Waals surface area (Å²) >= 11 is 13.4. The van der Waals surface area contributed by atoms with Gasteiger partial charge in [-0.2, -0.15) is 0 Å². The minimum Gasteiger partial charge on any atom is -0.217 e. The van der Waals surface area contributed by atoms with Gasteiger partial charge in [-0.1, -0.05) is 32.4 Å². The third kappa shape index (κ3) is 2.10. The number of rotatable bonds is 0. The van der Waals surface area contributed by atoms with Gasteiger partial charge >= 0.3 is 0 Å². The van der Waals surface area contributed by atoms with Crippen molar-refractivity contribution < 1.29 is 0 Å². The summed E-state index contributed by atoms with van der Waals surface area (Å²) in [7, 11) is 0. The molecule has 2 nitrogen and oxygen atoms in total. The molecule has 2 aromatic heterocycles. The highest BCUT2D eigenvalue weighted by molar-refractivity contribution is 7.19. The molecule has 0 bridgehead atoms. The van der Waals surface area contributed by atoms with E-state index in [0.29, 0.717) is 5.15 Å². The van der Waals surface area contributed by atoms with Crippen molar-refractivity contribution in [3.63, 3.8) is 0 Å². The molecular weight excluding hydrogens is 251 g/mol. The Labute approximate surface area is 102 Å². The normalized spacial score (nSPS) is 12.3. The van der Waals surface area contributed by atoms with E-state index in [2.05, 4.69) is 30.7 Å². The zero-order valence-corrected chi connectivity index (χ0v) is 11.0. The molecular formula is C10H10Cl2N2S. The third-order valence-electron chi connectivity index (χ3n) is 2.04. The molecule has 15 heavy (non-hydrogen) atoms. The third-order valence-corrected chi connectivity index (χ3v) is 4.15.